The van der Waals surface area contributed by atoms with Crippen molar-refractivity contribution in [3.63, 3.8) is 0 Å². The fourth-order valence-corrected chi connectivity index (χ4v) is 1.99. The quantitative estimate of drug-likeness (QED) is 0.514. The Morgan fingerprint density at radius 1 is 1.22 bits per heavy atom. The van der Waals surface area contributed by atoms with Crippen LogP contribution in [0.4, 0.5) is 26.3 Å². The van der Waals surface area contributed by atoms with Crippen molar-refractivity contribution in [2.45, 2.75) is 19.3 Å². The molecule has 10 heteroatoms. The Morgan fingerprint density at radius 2 is 1.83 bits per heavy atom. The summed E-state index contributed by atoms with van der Waals surface area (Å²) in [5.41, 5.74) is -1.73. The van der Waals surface area contributed by atoms with E-state index in [2.05, 4.69) is 4.98 Å². The maximum Gasteiger partial charge on any atom is 0.454 e. The molecule has 0 spiro atoms. The molecule has 0 bridgehead atoms. The third-order valence-corrected chi connectivity index (χ3v) is 2.97. The molecule has 1 N–H and O–H groups in total. The topological polar surface area (TPSA) is 54.6 Å². The number of ketones is 1. The second kappa shape index (κ2) is 5.28. The summed E-state index contributed by atoms with van der Waals surface area (Å²) in [4.78, 5) is 15.0. The summed E-state index contributed by atoms with van der Waals surface area (Å²) in [6.07, 6.45) is -7.89. The number of hydrogen-bond donors (Lipinski definition) is 1. The summed E-state index contributed by atoms with van der Waals surface area (Å²) in [7, 11) is 0. The Hall–Kier alpha value is -2.52. The number of aliphatic hydroxyl groups excluding tert-OH is 1. The van der Waals surface area contributed by atoms with Crippen LogP contribution in [0.2, 0.25) is 0 Å². The van der Waals surface area contributed by atoms with Gasteiger partial charge < -0.3 is 9.51 Å². The lowest BCUT2D eigenvalue weighted by Gasteiger charge is -2.08. The minimum absolute atomic E-state index is 0.169. The van der Waals surface area contributed by atoms with Gasteiger partial charge in [-0.2, -0.15) is 26.3 Å². The van der Waals surface area contributed by atoms with Gasteiger partial charge in [-0.15, -0.1) is 0 Å². The molecule has 23 heavy (non-hydrogen) atoms. The number of nitrogens with zero attached hydrogens (tertiary/aromatic N) is 2. The molecule has 0 aliphatic heterocycles. The smallest absolute Gasteiger partial charge is 0.454 e. The summed E-state index contributed by atoms with van der Waals surface area (Å²) < 4.78 is 76.1. The highest BCUT2D eigenvalue weighted by Crippen LogP contribution is 2.30. The number of Topliss-reactive ketones (excluding diaryl/α,β-unsaturated/α-hetero) is 1. The van der Waals surface area contributed by atoms with E-state index in [1.807, 2.05) is 0 Å². The molecule has 2 heterocycles. The fraction of sp³-hybridized carbons (Fsp3) is 0.231. The van der Waals surface area contributed by atoms with Crippen LogP contribution in [0.25, 0.3) is 11.6 Å². The van der Waals surface area contributed by atoms with Crippen LogP contribution in [0.1, 0.15) is 21.7 Å². The zero-order valence-electron chi connectivity index (χ0n) is 11.3. The number of carbonyl (C=O) groups is 1. The number of aryl methyl sites for hydroxylation is 1. The predicted octanol–water partition coefficient (Wildman–Crippen LogP) is 3.85. The molecule has 0 amide bonds. The van der Waals surface area contributed by atoms with E-state index >= 15 is 0 Å². The van der Waals surface area contributed by atoms with Gasteiger partial charge in [-0.3, -0.25) is 9.78 Å². The van der Waals surface area contributed by atoms with Crippen molar-refractivity contribution < 1.29 is 36.2 Å². The number of halogens is 6. The number of fused-ring (bicyclic) bond motifs is 1. The molecule has 0 fully saturated rings. The summed E-state index contributed by atoms with van der Waals surface area (Å²) in [5.74, 6) is -4.25. The molecule has 4 nitrogen and oxygen atoms in total. The average Bonchev–Trinajstić information content (AvgIpc) is 2.74. The molecule has 0 aliphatic carbocycles. The number of aromatic nitrogens is 2. The minimum atomic E-state index is -5.20. The molecule has 0 aromatic carbocycles. The Kier molecular flexibility index (Phi) is 3.87. The first kappa shape index (κ1) is 16.8. The van der Waals surface area contributed by atoms with Crippen LogP contribution in [0, 0.1) is 6.92 Å². The summed E-state index contributed by atoms with van der Waals surface area (Å²) in [5, 5.41) is 8.97. The zero-order chi connectivity index (χ0) is 17.6. The van der Waals surface area contributed by atoms with Crippen molar-refractivity contribution in [1.29, 1.82) is 0 Å². The molecule has 0 unspecified atom stereocenters. The SMILES string of the molecule is Cc1cc(C(=O)C(F)(F)F)c2c(/C=C(\O)C(F)(F)F)nccn12. The number of hydrogen-bond acceptors (Lipinski definition) is 3. The predicted molar refractivity (Wildman–Crippen MR) is 67.0 cm³/mol. The average molecular weight is 338 g/mol. The van der Waals surface area contributed by atoms with Gasteiger partial charge in [0.2, 0.25) is 0 Å². The lowest BCUT2D eigenvalue weighted by molar-refractivity contribution is -0.119. The zero-order valence-corrected chi connectivity index (χ0v) is 11.3. The van der Waals surface area contributed by atoms with Gasteiger partial charge in [-0.1, -0.05) is 0 Å². The first-order valence-corrected chi connectivity index (χ1v) is 5.99. The summed E-state index contributed by atoms with van der Waals surface area (Å²) in [6, 6.07) is 0.898. The van der Waals surface area contributed by atoms with Crippen molar-refractivity contribution in [2.24, 2.45) is 0 Å². The maximum absolute atomic E-state index is 12.6. The van der Waals surface area contributed by atoms with Gasteiger partial charge >= 0.3 is 12.4 Å². The van der Waals surface area contributed by atoms with Crippen molar-refractivity contribution in [3.05, 3.63) is 41.2 Å². The molecular formula is C13H8F6N2O2. The number of alkyl halides is 6. The molecule has 124 valence electrons. The molecule has 0 saturated heterocycles. The molecule has 0 saturated carbocycles. The van der Waals surface area contributed by atoms with E-state index in [1.165, 1.54) is 13.1 Å². The fourth-order valence-electron chi connectivity index (χ4n) is 1.99. The van der Waals surface area contributed by atoms with Crippen LogP contribution in [-0.4, -0.2) is 32.6 Å². The number of rotatable bonds is 2. The monoisotopic (exact) mass is 338 g/mol. The van der Waals surface area contributed by atoms with Crippen molar-refractivity contribution in [2.75, 3.05) is 0 Å². The van der Waals surface area contributed by atoms with Crippen molar-refractivity contribution in [3.8, 4) is 0 Å². The standard InChI is InChI=1S/C13H8F6N2O2/c1-6-4-7(11(23)13(17,18)19)10-8(20-2-3-21(6)10)5-9(22)12(14,15)16/h2-5,22H,1H3/b9-5-. The third kappa shape index (κ3) is 3.15. The van der Waals surface area contributed by atoms with Crippen LogP contribution in [0.5, 0.6) is 0 Å². The van der Waals surface area contributed by atoms with E-state index in [1.54, 1.807) is 0 Å². The number of carbonyl (C=O) groups excluding carboxylic acids is 1. The lowest BCUT2D eigenvalue weighted by atomic mass is 10.1. The molecule has 0 atom stereocenters. The molecule has 2 aromatic heterocycles. The van der Waals surface area contributed by atoms with Gasteiger partial charge in [-0.05, 0) is 13.0 Å². The van der Waals surface area contributed by atoms with Crippen molar-refractivity contribution >= 4 is 17.4 Å². The van der Waals surface area contributed by atoms with E-state index in [0.717, 1.165) is 16.7 Å². The summed E-state index contributed by atoms with van der Waals surface area (Å²) in [6.45, 7) is 1.37. The Morgan fingerprint density at radius 3 is 2.35 bits per heavy atom. The number of aliphatic hydroxyl groups is 1. The van der Waals surface area contributed by atoms with Gasteiger partial charge in [0.15, 0.2) is 5.76 Å². The van der Waals surface area contributed by atoms with Gasteiger partial charge in [-0.25, -0.2) is 0 Å². The van der Waals surface area contributed by atoms with Crippen LogP contribution < -0.4 is 0 Å². The van der Waals surface area contributed by atoms with Crippen LogP contribution in [-0.2, 0) is 0 Å². The van der Waals surface area contributed by atoms with Crippen LogP contribution in [0.3, 0.4) is 0 Å². The highest BCUT2D eigenvalue weighted by molar-refractivity contribution is 6.07. The maximum atomic E-state index is 12.6. The van der Waals surface area contributed by atoms with Gasteiger partial charge in [0.05, 0.1) is 16.8 Å². The molecule has 2 aromatic rings. The lowest BCUT2D eigenvalue weighted by Crippen LogP contribution is -2.22. The van der Waals surface area contributed by atoms with Gasteiger partial charge in [0.25, 0.3) is 5.78 Å². The van der Waals surface area contributed by atoms with Crippen molar-refractivity contribution in [1.82, 2.24) is 9.38 Å². The molecule has 0 radical (unpaired) electrons. The van der Waals surface area contributed by atoms with Gasteiger partial charge in [0.1, 0.15) is 0 Å². The Balaban J connectivity index is 2.76. The van der Waals surface area contributed by atoms with E-state index in [9.17, 15) is 31.1 Å². The van der Waals surface area contributed by atoms with E-state index in [4.69, 9.17) is 5.11 Å². The largest absolute Gasteiger partial charge is 0.504 e. The number of allylic oxidation sites excluding steroid dienone is 1. The highest BCUT2D eigenvalue weighted by Gasteiger charge is 2.41. The highest BCUT2D eigenvalue weighted by atomic mass is 19.4. The Bertz CT molecular complexity index is 801. The minimum Gasteiger partial charge on any atom is -0.504 e. The normalized spacial score (nSPS) is 13.6. The first-order valence-electron chi connectivity index (χ1n) is 5.99. The second-order valence-corrected chi connectivity index (χ2v) is 4.58. The Labute approximate surface area is 124 Å². The molecular weight excluding hydrogens is 330 g/mol. The molecule has 0 aliphatic rings. The van der Waals surface area contributed by atoms with Crippen LogP contribution >= 0.6 is 0 Å². The van der Waals surface area contributed by atoms with E-state index < -0.39 is 40.7 Å². The molecule has 2 rings (SSSR count). The summed E-state index contributed by atoms with van der Waals surface area (Å²) >= 11 is 0. The van der Waals surface area contributed by atoms with E-state index in [-0.39, 0.29) is 11.8 Å². The second-order valence-electron chi connectivity index (χ2n) is 4.58. The van der Waals surface area contributed by atoms with Gasteiger partial charge in [0, 0.05) is 24.2 Å². The first-order chi connectivity index (χ1) is 10.4. The van der Waals surface area contributed by atoms with Crippen LogP contribution in [0.15, 0.2) is 24.2 Å². The third-order valence-electron chi connectivity index (χ3n) is 2.97. The van der Waals surface area contributed by atoms with E-state index in [0.29, 0.717) is 0 Å².